The first-order valence-electron chi connectivity index (χ1n) is 8.04. The smallest absolute Gasteiger partial charge is 0.0195 e. The van der Waals surface area contributed by atoms with Gasteiger partial charge < -0.3 is 10.2 Å². The van der Waals surface area contributed by atoms with Crippen molar-refractivity contribution < 1.29 is 0 Å². The van der Waals surface area contributed by atoms with Crippen LogP contribution in [-0.2, 0) is 0 Å². The van der Waals surface area contributed by atoms with Gasteiger partial charge in [-0.3, -0.25) is 4.90 Å². The van der Waals surface area contributed by atoms with Gasteiger partial charge >= 0.3 is 0 Å². The fourth-order valence-electron chi connectivity index (χ4n) is 4.35. The summed E-state index contributed by atoms with van der Waals surface area (Å²) >= 11 is 0. The maximum Gasteiger partial charge on any atom is 0.0195 e. The van der Waals surface area contributed by atoms with Crippen molar-refractivity contribution in [2.45, 2.75) is 52.1 Å². The van der Waals surface area contributed by atoms with Crippen molar-refractivity contribution in [1.82, 2.24) is 15.1 Å². The van der Waals surface area contributed by atoms with Crippen LogP contribution in [0.4, 0.5) is 0 Å². The van der Waals surface area contributed by atoms with Gasteiger partial charge in [0.15, 0.2) is 0 Å². The monoisotopic (exact) mass is 267 g/mol. The topological polar surface area (TPSA) is 18.5 Å². The zero-order chi connectivity index (χ0) is 14.0. The molecule has 3 unspecified atom stereocenters. The highest BCUT2D eigenvalue weighted by Crippen LogP contribution is 2.39. The predicted molar refractivity (Wildman–Crippen MR) is 82.5 cm³/mol. The second kappa shape index (κ2) is 6.11. The Labute approximate surface area is 119 Å². The van der Waals surface area contributed by atoms with Crippen LogP contribution in [0.2, 0.25) is 0 Å². The van der Waals surface area contributed by atoms with Gasteiger partial charge in [-0.15, -0.1) is 0 Å². The Bertz CT molecular complexity index is 290. The quantitative estimate of drug-likeness (QED) is 0.844. The molecule has 1 aliphatic heterocycles. The number of nitrogens with one attached hydrogen (secondary N) is 1. The molecule has 0 aromatic rings. The lowest BCUT2D eigenvalue weighted by Crippen LogP contribution is -2.56. The second-order valence-corrected chi connectivity index (χ2v) is 7.51. The van der Waals surface area contributed by atoms with E-state index in [2.05, 4.69) is 50.0 Å². The molecule has 0 radical (unpaired) electrons. The highest BCUT2D eigenvalue weighted by molar-refractivity contribution is 4.94. The van der Waals surface area contributed by atoms with Crippen molar-refractivity contribution in [2.24, 2.45) is 11.3 Å². The summed E-state index contributed by atoms with van der Waals surface area (Å²) in [7, 11) is 4.39. The van der Waals surface area contributed by atoms with E-state index >= 15 is 0 Å². The van der Waals surface area contributed by atoms with Crippen molar-refractivity contribution >= 4 is 0 Å². The highest BCUT2D eigenvalue weighted by atomic mass is 15.3. The largest absolute Gasteiger partial charge is 0.316 e. The van der Waals surface area contributed by atoms with Crippen LogP contribution in [0.5, 0.6) is 0 Å². The number of nitrogens with zero attached hydrogens (tertiary/aromatic N) is 2. The van der Waals surface area contributed by atoms with Gasteiger partial charge in [-0.1, -0.05) is 20.3 Å². The highest BCUT2D eigenvalue weighted by Gasteiger charge is 2.39. The van der Waals surface area contributed by atoms with Crippen LogP contribution in [0.15, 0.2) is 0 Å². The average molecular weight is 267 g/mol. The van der Waals surface area contributed by atoms with Crippen molar-refractivity contribution in [3.05, 3.63) is 0 Å². The minimum Gasteiger partial charge on any atom is -0.316 e. The van der Waals surface area contributed by atoms with E-state index in [1.807, 2.05) is 0 Å². The molecule has 0 aromatic heterocycles. The van der Waals surface area contributed by atoms with Crippen LogP contribution < -0.4 is 5.32 Å². The molecule has 3 nitrogen and oxygen atoms in total. The molecule has 0 amide bonds. The molecule has 3 heteroatoms. The summed E-state index contributed by atoms with van der Waals surface area (Å²) in [5.74, 6) is 0.819. The summed E-state index contributed by atoms with van der Waals surface area (Å²) < 4.78 is 0. The first-order valence-corrected chi connectivity index (χ1v) is 8.04. The zero-order valence-corrected chi connectivity index (χ0v) is 13.6. The van der Waals surface area contributed by atoms with Gasteiger partial charge in [-0.2, -0.15) is 0 Å². The summed E-state index contributed by atoms with van der Waals surface area (Å²) in [6.07, 6.45) is 4.17. The molecule has 112 valence electrons. The normalized spacial score (nSPS) is 37.4. The van der Waals surface area contributed by atoms with Crippen molar-refractivity contribution in [1.29, 1.82) is 0 Å². The number of rotatable bonds is 3. The Balaban J connectivity index is 1.97. The van der Waals surface area contributed by atoms with E-state index in [4.69, 9.17) is 0 Å². The van der Waals surface area contributed by atoms with Crippen LogP contribution in [0.25, 0.3) is 0 Å². The second-order valence-electron chi connectivity index (χ2n) is 7.51. The van der Waals surface area contributed by atoms with Gasteiger partial charge in [-0.25, -0.2) is 0 Å². The third kappa shape index (κ3) is 3.50. The van der Waals surface area contributed by atoms with E-state index in [1.165, 1.54) is 45.4 Å². The molecule has 19 heavy (non-hydrogen) atoms. The molecule has 1 saturated carbocycles. The Morgan fingerprint density at radius 2 is 2.00 bits per heavy atom. The molecule has 0 bridgehead atoms. The molecule has 2 aliphatic rings. The Morgan fingerprint density at radius 1 is 1.26 bits per heavy atom. The van der Waals surface area contributed by atoms with Crippen LogP contribution in [0, 0.1) is 11.3 Å². The van der Waals surface area contributed by atoms with Crippen LogP contribution in [0.3, 0.4) is 0 Å². The van der Waals surface area contributed by atoms with Gasteiger partial charge in [0.25, 0.3) is 0 Å². The molecular formula is C16H33N3. The molecule has 1 heterocycles. The van der Waals surface area contributed by atoms with Crippen LogP contribution in [-0.4, -0.2) is 62.2 Å². The molecule has 1 N–H and O–H groups in total. The molecule has 0 spiro atoms. The van der Waals surface area contributed by atoms with Crippen LogP contribution in [0.1, 0.15) is 40.0 Å². The molecule has 3 atom stereocenters. The van der Waals surface area contributed by atoms with Gasteiger partial charge in [0.2, 0.25) is 0 Å². The Morgan fingerprint density at radius 3 is 2.63 bits per heavy atom. The molecule has 1 aliphatic carbocycles. The van der Waals surface area contributed by atoms with E-state index < -0.39 is 0 Å². The Kier molecular flexibility index (Phi) is 4.91. The van der Waals surface area contributed by atoms with E-state index in [1.54, 1.807) is 0 Å². The molecule has 0 aromatic carbocycles. The lowest BCUT2D eigenvalue weighted by atomic mass is 9.67. The van der Waals surface area contributed by atoms with E-state index in [0.29, 0.717) is 17.5 Å². The summed E-state index contributed by atoms with van der Waals surface area (Å²) in [6, 6.07) is 1.38. The number of hydrogen-bond acceptors (Lipinski definition) is 3. The minimum atomic E-state index is 0.452. The van der Waals surface area contributed by atoms with Crippen molar-refractivity contribution in [3.63, 3.8) is 0 Å². The zero-order valence-electron chi connectivity index (χ0n) is 13.6. The van der Waals surface area contributed by atoms with Gasteiger partial charge in [0, 0.05) is 38.3 Å². The van der Waals surface area contributed by atoms with Crippen molar-refractivity contribution in [2.75, 3.05) is 40.3 Å². The Hall–Kier alpha value is -0.120. The fraction of sp³-hybridized carbons (Fsp3) is 1.00. The predicted octanol–water partition coefficient (Wildman–Crippen LogP) is 2.04. The number of likely N-dealkylation sites (N-methyl/N-ethyl adjacent to an activating group) is 1. The van der Waals surface area contributed by atoms with Gasteiger partial charge in [0.1, 0.15) is 0 Å². The third-order valence-corrected chi connectivity index (χ3v) is 5.46. The average Bonchev–Trinajstić information content (AvgIpc) is 2.32. The first kappa shape index (κ1) is 15.3. The van der Waals surface area contributed by atoms with Crippen LogP contribution >= 0.6 is 0 Å². The number of hydrogen-bond donors (Lipinski definition) is 1. The summed E-state index contributed by atoms with van der Waals surface area (Å²) in [6.45, 7) is 12.2. The fourth-order valence-corrected chi connectivity index (χ4v) is 4.35. The first-order chi connectivity index (χ1) is 8.94. The van der Waals surface area contributed by atoms with E-state index in [9.17, 15) is 0 Å². The van der Waals surface area contributed by atoms with Crippen molar-refractivity contribution in [3.8, 4) is 0 Å². The maximum atomic E-state index is 3.62. The lowest BCUT2D eigenvalue weighted by Gasteiger charge is -2.47. The molecular weight excluding hydrogens is 234 g/mol. The molecule has 2 rings (SSSR count). The van der Waals surface area contributed by atoms with Gasteiger partial charge in [0.05, 0.1) is 0 Å². The standard InChI is InChI=1S/C16H33N3/c1-13-11-18(5)9-10-19(13)12-14-7-6-8-16(2,3)15(14)17-4/h13-15,17H,6-12H2,1-5H3. The molecule has 2 fully saturated rings. The summed E-state index contributed by atoms with van der Waals surface area (Å²) in [5.41, 5.74) is 0.452. The van der Waals surface area contributed by atoms with E-state index in [0.717, 1.165) is 5.92 Å². The summed E-state index contributed by atoms with van der Waals surface area (Å²) in [4.78, 5) is 5.18. The lowest BCUT2D eigenvalue weighted by molar-refractivity contribution is 0.0411. The molecule has 1 saturated heterocycles. The van der Waals surface area contributed by atoms with Gasteiger partial charge in [-0.05, 0) is 45.2 Å². The minimum absolute atomic E-state index is 0.452. The maximum absolute atomic E-state index is 3.62. The third-order valence-electron chi connectivity index (χ3n) is 5.46. The summed E-state index contributed by atoms with van der Waals surface area (Å²) in [5, 5.41) is 3.62. The number of piperazine rings is 1. The van der Waals surface area contributed by atoms with E-state index in [-0.39, 0.29) is 0 Å². The SMILES string of the molecule is CNC1C(CN2CCN(C)CC2C)CCCC1(C)C.